The van der Waals surface area contributed by atoms with E-state index in [4.69, 9.17) is 9.72 Å². The number of halogens is 1. The van der Waals surface area contributed by atoms with E-state index in [1.807, 2.05) is 19.1 Å². The van der Waals surface area contributed by atoms with E-state index in [-0.39, 0.29) is 17.5 Å². The van der Waals surface area contributed by atoms with Crippen LogP contribution < -0.4 is 10.5 Å². The highest BCUT2D eigenvalue weighted by Crippen LogP contribution is 2.26. The molecular weight excluding hydrogens is 359 g/mol. The first-order chi connectivity index (χ1) is 13.7. The Kier molecular flexibility index (Phi) is 5.16. The summed E-state index contributed by atoms with van der Waals surface area (Å²) < 4.78 is 20.8. The minimum atomic E-state index is -0.275. The largest absolute Gasteiger partial charge is 0.370 e. The number of morpholine rings is 1. The Morgan fingerprint density at radius 3 is 2.64 bits per heavy atom. The van der Waals surface area contributed by atoms with Crippen LogP contribution in [0.1, 0.15) is 18.6 Å². The lowest BCUT2D eigenvalue weighted by Gasteiger charge is -2.35. The summed E-state index contributed by atoms with van der Waals surface area (Å²) in [6.45, 7) is 4.12. The highest BCUT2D eigenvalue weighted by atomic mass is 19.1. The Balaban J connectivity index is 1.69. The molecule has 1 saturated heterocycles. The van der Waals surface area contributed by atoms with Gasteiger partial charge in [0.2, 0.25) is 5.95 Å². The van der Waals surface area contributed by atoms with Gasteiger partial charge in [-0.25, -0.2) is 9.37 Å². The molecule has 0 saturated carbocycles. The van der Waals surface area contributed by atoms with Gasteiger partial charge in [-0.2, -0.15) is 0 Å². The molecule has 4 rings (SSSR count). The second-order valence-corrected chi connectivity index (χ2v) is 6.62. The third-order valence-electron chi connectivity index (χ3n) is 4.87. The SMILES string of the molecule is CCn1c(N2CCOC(c3ccc(F)cc3)C2)nc(-c2ccncc2)cc1=O. The molecule has 2 aromatic heterocycles. The minimum absolute atomic E-state index is 0.0934. The van der Waals surface area contributed by atoms with Crippen molar-refractivity contribution in [2.45, 2.75) is 19.6 Å². The van der Waals surface area contributed by atoms with Crippen LogP contribution in [0.5, 0.6) is 0 Å². The summed E-state index contributed by atoms with van der Waals surface area (Å²) in [6, 6.07) is 11.6. The lowest BCUT2D eigenvalue weighted by atomic mass is 10.1. The molecule has 3 aromatic rings. The number of anilines is 1. The first-order valence-corrected chi connectivity index (χ1v) is 9.30. The van der Waals surface area contributed by atoms with E-state index in [0.717, 1.165) is 11.1 Å². The maximum Gasteiger partial charge on any atom is 0.255 e. The van der Waals surface area contributed by atoms with Crippen molar-refractivity contribution in [3.63, 3.8) is 0 Å². The van der Waals surface area contributed by atoms with Gasteiger partial charge < -0.3 is 9.64 Å². The molecule has 144 valence electrons. The van der Waals surface area contributed by atoms with E-state index in [2.05, 4.69) is 9.88 Å². The van der Waals surface area contributed by atoms with E-state index in [0.29, 0.717) is 37.9 Å². The van der Waals surface area contributed by atoms with Crippen LogP contribution in [0, 0.1) is 5.82 Å². The fourth-order valence-electron chi connectivity index (χ4n) is 3.41. The van der Waals surface area contributed by atoms with Crippen molar-refractivity contribution in [2.24, 2.45) is 0 Å². The number of benzene rings is 1. The average molecular weight is 380 g/mol. The summed E-state index contributed by atoms with van der Waals surface area (Å²) >= 11 is 0. The molecule has 3 heterocycles. The van der Waals surface area contributed by atoms with E-state index in [9.17, 15) is 9.18 Å². The van der Waals surface area contributed by atoms with Crippen LogP contribution in [0.4, 0.5) is 10.3 Å². The van der Waals surface area contributed by atoms with Gasteiger partial charge in [0.1, 0.15) is 11.9 Å². The molecule has 1 atom stereocenters. The number of ether oxygens (including phenoxy) is 1. The quantitative estimate of drug-likeness (QED) is 0.696. The minimum Gasteiger partial charge on any atom is -0.370 e. The second-order valence-electron chi connectivity index (χ2n) is 6.62. The molecule has 0 radical (unpaired) electrons. The first kappa shape index (κ1) is 18.3. The molecule has 0 N–H and O–H groups in total. The summed E-state index contributed by atoms with van der Waals surface area (Å²) in [5, 5.41) is 0. The molecule has 1 aliphatic heterocycles. The number of rotatable bonds is 4. The summed E-state index contributed by atoms with van der Waals surface area (Å²) in [6.07, 6.45) is 3.16. The van der Waals surface area contributed by atoms with Crippen molar-refractivity contribution in [1.82, 2.24) is 14.5 Å². The Labute approximate surface area is 162 Å². The van der Waals surface area contributed by atoms with E-state index in [1.165, 1.54) is 12.1 Å². The smallest absolute Gasteiger partial charge is 0.255 e. The molecular formula is C21H21FN4O2. The van der Waals surface area contributed by atoms with Crippen LogP contribution >= 0.6 is 0 Å². The van der Waals surface area contributed by atoms with Crippen molar-refractivity contribution in [3.8, 4) is 11.3 Å². The maximum atomic E-state index is 13.2. The van der Waals surface area contributed by atoms with Crippen molar-refractivity contribution >= 4 is 5.95 Å². The molecule has 7 heteroatoms. The Hall–Kier alpha value is -3.06. The van der Waals surface area contributed by atoms with Gasteiger partial charge in [0, 0.05) is 37.1 Å². The summed E-state index contributed by atoms with van der Waals surface area (Å²) in [4.78, 5) is 23.6. The van der Waals surface area contributed by atoms with Gasteiger partial charge in [-0.3, -0.25) is 14.3 Å². The van der Waals surface area contributed by atoms with Crippen LogP contribution in [0.2, 0.25) is 0 Å². The summed E-state index contributed by atoms with van der Waals surface area (Å²) in [5.74, 6) is 0.347. The lowest BCUT2D eigenvalue weighted by molar-refractivity contribution is 0.0389. The molecule has 1 aromatic carbocycles. The number of pyridine rings is 1. The van der Waals surface area contributed by atoms with Gasteiger partial charge in [-0.1, -0.05) is 12.1 Å². The molecule has 28 heavy (non-hydrogen) atoms. The molecule has 0 spiro atoms. The number of nitrogens with zero attached hydrogens (tertiary/aromatic N) is 4. The van der Waals surface area contributed by atoms with Crippen molar-refractivity contribution in [2.75, 3.05) is 24.6 Å². The highest BCUT2D eigenvalue weighted by Gasteiger charge is 2.25. The van der Waals surface area contributed by atoms with Gasteiger partial charge in [-0.15, -0.1) is 0 Å². The van der Waals surface area contributed by atoms with Crippen LogP contribution in [0.15, 0.2) is 59.7 Å². The maximum absolute atomic E-state index is 13.2. The molecule has 0 aliphatic carbocycles. The molecule has 1 unspecified atom stereocenters. The predicted molar refractivity (Wildman–Crippen MR) is 105 cm³/mol. The van der Waals surface area contributed by atoms with E-state index >= 15 is 0 Å². The Bertz CT molecular complexity index is 1010. The average Bonchev–Trinajstić information content (AvgIpc) is 2.74. The summed E-state index contributed by atoms with van der Waals surface area (Å²) in [7, 11) is 0. The van der Waals surface area contributed by atoms with Crippen molar-refractivity contribution in [3.05, 3.63) is 76.6 Å². The van der Waals surface area contributed by atoms with Crippen LogP contribution in [-0.4, -0.2) is 34.2 Å². The van der Waals surface area contributed by atoms with E-state index in [1.54, 1.807) is 35.2 Å². The normalized spacial score (nSPS) is 16.9. The highest BCUT2D eigenvalue weighted by molar-refractivity contribution is 5.59. The Morgan fingerprint density at radius 1 is 1.18 bits per heavy atom. The van der Waals surface area contributed by atoms with Gasteiger partial charge >= 0.3 is 0 Å². The molecule has 0 bridgehead atoms. The Morgan fingerprint density at radius 2 is 1.93 bits per heavy atom. The van der Waals surface area contributed by atoms with Crippen molar-refractivity contribution in [1.29, 1.82) is 0 Å². The van der Waals surface area contributed by atoms with E-state index < -0.39 is 0 Å². The van der Waals surface area contributed by atoms with Crippen LogP contribution in [-0.2, 0) is 11.3 Å². The third-order valence-corrected chi connectivity index (χ3v) is 4.87. The van der Waals surface area contributed by atoms with Gasteiger partial charge in [0.15, 0.2) is 0 Å². The van der Waals surface area contributed by atoms with Crippen molar-refractivity contribution < 1.29 is 9.13 Å². The third kappa shape index (κ3) is 3.66. The standard InChI is InChI=1S/C21H21FN4O2/c1-2-26-20(27)13-18(15-7-9-23-10-8-15)24-21(26)25-11-12-28-19(14-25)16-3-5-17(22)6-4-16/h3-10,13,19H,2,11-12,14H2,1H3. The predicted octanol–water partition coefficient (Wildman–Crippen LogP) is 3.04. The lowest BCUT2D eigenvalue weighted by Crippen LogP contribution is -2.42. The molecule has 0 amide bonds. The fraction of sp³-hybridized carbons (Fsp3) is 0.286. The fourth-order valence-corrected chi connectivity index (χ4v) is 3.41. The zero-order valence-electron chi connectivity index (χ0n) is 15.6. The topological polar surface area (TPSA) is 60.2 Å². The zero-order chi connectivity index (χ0) is 19.5. The number of hydrogen-bond acceptors (Lipinski definition) is 5. The first-order valence-electron chi connectivity index (χ1n) is 9.30. The molecule has 1 fully saturated rings. The zero-order valence-corrected chi connectivity index (χ0v) is 15.6. The van der Waals surface area contributed by atoms with Gasteiger partial charge in [-0.05, 0) is 36.8 Å². The van der Waals surface area contributed by atoms with Gasteiger partial charge in [0.05, 0.1) is 18.8 Å². The monoisotopic (exact) mass is 380 g/mol. The van der Waals surface area contributed by atoms with Crippen LogP contribution in [0.25, 0.3) is 11.3 Å². The number of aromatic nitrogens is 3. The van der Waals surface area contributed by atoms with Crippen LogP contribution in [0.3, 0.4) is 0 Å². The van der Waals surface area contributed by atoms with Gasteiger partial charge in [0.25, 0.3) is 5.56 Å². The second kappa shape index (κ2) is 7.90. The number of hydrogen-bond donors (Lipinski definition) is 0. The molecule has 6 nitrogen and oxygen atoms in total. The molecule has 1 aliphatic rings. The summed E-state index contributed by atoms with van der Waals surface area (Å²) in [5.41, 5.74) is 2.28.